The first-order chi connectivity index (χ1) is 11.6. The van der Waals surface area contributed by atoms with Crippen molar-refractivity contribution in [1.29, 1.82) is 0 Å². The topological polar surface area (TPSA) is 61.7 Å². The number of rotatable bonds is 5. The van der Waals surface area contributed by atoms with Crippen LogP contribution in [0, 0.1) is 17.3 Å². The molecule has 4 nitrogen and oxygen atoms in total. The van der Waals surface area contributed by atoms with Gasteiger partial charge >= 0.3 is 0 Å². The van der Waals surface area contributed by atoms with Crippen molar-refractivity contribution in [3.05, 3.63) is 39.4 Å². The van der Waals surface area contributed by atoms with Crippen LogP contribution in [0.2, 0.25) is 10.0 Å². The average Bonchev–Trinajstić information content (AvgIpc) is 3.04. The number of halogens is 2. The molecule has 1 aromatic carbocycles. The third-order valence-corrected chi connectivity index (χ3v) is 5.19. The van der Waals surface area contributed by atoms with Crippen molar-refractivity contribution in [2.24, 2.45) is 22.4 Å². The standard InChI is InChI=1S/C19H24Cl2N2O2/c1-6-15(12-8-11(20)9-14(21)17(12)24)22-23-18(25)16-13(7-10(2)3)19(16,4)5/h7-9,13,16,24H,6H2,1-5H3,(H,23,25)/b22-15+/t13-,16-/m0/s1. The number of aromatic hydroxyl groups is 1. The number of hydrazone groups is 1. The highest BCUT2D eigenvalue weighted by Crippen LogP contribution is 2.59. The molecular weight excluding hydrogens is 359 g/mol. The Morgan fingerprint density at radius 3 is 2.56 bits per heavy atom. The van der Waals surface area contributed by atoms with E-state index in [0.29, 0.717) is 22.7 Å². The summed E-state index contributed by atoms with van der Waals surface area (Å²) in [6, 6.07) is 3.05. The molecule has 136 valence electrons. The molecule has 1 amide bonds. The smallest absolute Gasteiger partial charge is 0.244 e. The lowest BCUT2D eigenvalue weighted by Crippen LogP contribution is -2.23. The first-order valence-electron chi connectivity index (χ1n) is 8.29. The molecule has 0 radical (unpaired) electrons. The van der Waals surface area contributed by atoms with Crippen molar-refractivity contribution in [1.82, 2.24) is 5.43 Å². The summed E-state index contributed by atoms with van der Waals surface area (Å²) in [5.41, 5.74) is 4.71. The summed E-state index contributed by atoms with van der Waals surface area (Å²) in [6.07, 6.45) is 2.65. The van der Waals surface area contributed by atoms with Gasteiger partial charge in [-0.25, -0.2) is 5.43 Å². The second kappa shape index (κ2) is 7.38. The van der Waals surface area contributed by atoms with Crippen LogP contribution < -0.4 is 5.43 Å². The molecule has 0 heterocycles. The fraction of sp³-hybridized carbons (Fsp3) is 0.474. The number of amides is 1. The number of hydrogen-bond donors (Lipinski definition) is 2. The van der Waals surface area contributed by atoms with Crippen LogP contribution in [0.4, 0.5) is 0 Å². The van der Waals surface area contributed by atoms with Crippen molar-refractivity contribution < 1.29 is 9.90 Å². The molecule has 1 aliphatic carbocycles. The normalized spacial score (nSPS) is 21.6. The van der Waals surface area contributed by atoms with Crippen LogP contribution in [0.15, 0.2) is 28.9 Å². The first kappa shape index (κ1) is 19.8. The Labute approximate surface area is 158 Å². The minimum Gasteiger partial charge on any atom is -0.506 e. The predicted molar refractivity (Wildman–Crippen MR) is 103 cm³/mol. The van der Waals surface area contributed by atoms with Gasteiger partial charge in [0.05, 0.1) is 16.7 Å². The summed E-state index contributed by atoms with van der Waals surface area (Å²) in [5, 5.41) is 14.9. The molecule has 1 fully saturated rings. The maximum absolute atomic E-state index is 12.5. The minimum atomic E-state index is -0.119. The lowest BCUT2D eigenvalue weighted by Gasteiger charge is -2.09. The molecule has 0 spiro atoms. The predicted octanol–water partition coefficient (Wildman–Crippen LogP) is 5.17. The fourth-order valence-corrected chi connectivity index (χ4v) is 3.65. The first-order valence-corrected chi connectivity index (χ1v) is 9.05. The molecule has 0 aliphatic heterocycles. The maximum atomic E-state index is 12.5. The molecule has 2 atom stereocenters. The van der Waals surface area contributed by atoms with Gasteiger partial charge < -0.3 is 5.11 Å². The minimum absolute atomic E-state index is 0.0786. The van der Waals surface area contributed by atoms with Gasteiger partial charge in [0.1, 0.15) is 5.75 Å². The van der Waals surface area contributed by atoms with Crippen LogP contribution >= 0.6 is 23.2 Å². The van der Waals surface area contributed by atoms with E-state index in [1.54, 1.807) is 6.07 Å². The van der Waals surface area contributed by atoms with E-state index in [1.165, 1.54) is 11.6 Å². The van der Waals surface area contributed by atoms with Gasteiger partial charge in [-0.15, -0.1) is 0 Å². The number of nitrogens with one attached hydrogen (secondary N) is 1. The summed E-state index contributed by atoms with van der Waals surface area (Å²) in [6.45, 7) is 10.1. The molecule has 0 bridgehead atoms. The van der Waals surface area contributed by atoms with E-state index in [4.69, 9.17) is 23.2 Å². The number of carbonyl (C=O) groups is 1. The van der Waals surface area contributed by atoms with E-state index in [1.807, 2.05) is 20.8 Å². The summed E-state index contributed by atoms with van der Waals surface area (Å²) in [4.78, 5) is 12.5. The van der Waals surface area contributed by atoms with Crippen molar-refractivity contribution in [2.75, 3.05) is 0 Å². The highest BCUT2D eigenvalue weighted by molar-refractivity contribution is 6.36. The lowest BCUT2D eigenvalue weighted by molar-refractivity contribution is -0.123. The summed E-state index contributed by atoms with van der Waals surface area (Å²) >= 11 is 12.0. The van der Waals surface area contributed by atoms with E-state index >= 15 is 0 Å². The van der Waals surface area contributed by atoms with Crippen LogP contribution in [0.5, 0.6) is 5.75 Å². The zero-order valence-electron chi connectivity index (χ0n) is 15.2. The van der Waals surface area contributed by atoms with Gasteiger partial charge in [0.15, 0.2) is 0 Å². The maximum Gasteiger partial charge on any atom is 0.244 e. The van der Waals surface area contributed by atoms with E-state index < -0.39 is 0 Å². The zero-order chi connectivity index (χ0) is 18.9. The number of phenols is 1. The van der Waals surface area contributed by atoms with Crippen LogP contribution in [-0.2, 0) is 4.79 Å². The number of nitrogens with zero attached hydrogens (tertiary/aromatic N) is 1. The molecule has 0 saturated heterocycles. The number of carbonyl (C=O) groups excluding carboxylic acids is 1. The Morgan fingerprint density at radius 2 is 2.00 bits per heavy atom. The number of benzene rings is 1. The van der Waals surface area contributed by atoms with E-state index in [0.717, 1.165) is 0 Å². The van der Waals surface area contributed by atoms with Crippen molar-refractivity contribution in [3.8, 4) is 5.75 Å². The summed E-state index contributed by atoms with van der Waals surface area (Å²) < 4.78 is 0. The van der Waals surface area contributed by atoms with Crippen LogP contribution in [0.3, 0.4) is 0 Å². The van der Waals surface area contributed by atoms with Gasteiger partial charge in [0, 0.05) is 10.6 Å². The SMILES string of the molecule is CC/C(=N\NC(=O)[C@@H]1[C@H](C=C(C)C)C1(C)C)c1cc(Cl)cc(Cl)c1O. The van der Waals surface area contributed by atoms with Gasteiger partial charge in [-0.05, 0) is 43.7 Å². The van der Waals surface area contributed by atoms with Crippen LogP contribution in [0.25, 0.3) is 0 Å². The van der Waals surface area contributed by atoms with Crippen molar-refractivity contribution in [3.63, 3.8) is 0 Å². The number of hydrogen-bond acceptors (Lipinski definition) is 3. The van der Waals surface area contributed by atoms with Gasteiger partial charge in [-0.1, -0.05) is 55.6 Å². The third-order valence-electron chi connectivity index (χ3n) is 4.68. The monoisotopic (exact) mass is 382 g/mol. The molecule has 0 unspecified atom stereocenters. The highest BCUT2D eigenvalue weighted by Gasteiger charge is 2.60. The Hall–Kier alpha value is -1.52. The molecule has 6 heteroatoms. The molecular formula is C19H24Cl2N2O2. The lowest BCUT2D eigenvalue weighted by atomic mass is 10.1. The fourth-order valence-electron chi connectivity index (χ4n) is 3.16. The Kier molecular flexibility index (Phi) is 5.85. The highest BCUT2D eigenvalue weighted by atomic mass is 35.5. The van der Waals surface area contributed by atoms with Crippen molar-refractivity contribution >= 4 is 34.8 Å². The largest absolute Gasteiger partial charge is 0.506 e. The summed E-state index contributed by atoms with van der Waals surface area (Å²) in [5.74, 6) is -0.103. The van der Waals surface area contributed by atoms with E-state index in [2.05, 4.69) is 30.5 Å². The molecule has 2 N–H and O–H groups in total. The number of phenolic OH excluding ortho intramolecular Hbond substituents is 1. The summed E-state index contributed by atoms with van der Waals surface area (Å²) in [7, 11) is 0. The van der Waals surface area contributed by atoms with Gasteiger partial charge in [-0.2, -0.15) is 5.10 Å². The Bertz CT molecular complexity index is 750. The second-order valence-electron chi connectivity index (χ2n) is 7.24. The van der Waals surface area contributed by atoms with Crippen molar-refractivity contribution in [2.45, 2.75) is 41.0 Å². The van der Waals surface area contributed by atoms with E-state index in [9.17, 15) is 9.90 Å². The zero-order valence-corrected chi connectivity index (χ0v) is 16.7. The molecule has 1 aliphatic rings. The van der Waals surface area contributed by atoms with Gasteiger partial charge in [0.2, 0.25) is 5.91 Å². The van der Waals surface area contributed by atoms with Crippen LogP contribution in [-0.4, -0.2) is 16.7 Å². The second-order valence-corrected chi connectivity index (χ2v) is 8.08. The van der Waals surface area contributed by atoms with Crippen LogP contribution in [0.1, 0.15) is 46.6 Å². The molecule has 25 heavy (non-hydrogen) atoms. The van der Waals surface area contributed by atoms with Gasteiger partial charge in [0.25, 0.3) is 0 Å². The third kappa shape index (κ3) is 4.18. The quantitative estimate of drug-likeness (QED) is 0.419. The Balaban J connectivity index is 2.20. The number of allylic oxidation sites excluding steroid dienone is 2. The average molecular weight is 383 g/mol. The molecule has 1 aromatic rings. The van der Waals surface area contributed by atoms with Gasteiger partial charge in [-0.3, -0.25) is 4.79 Å². The molecule has 2 rings (SSSR count). The van der Waals surface area contributed by atoms with E-state index in [-0.39, 0.29) is 33.9 Å². The Morgan fingerprint density at radius 1 is 1.36 bits per heavy atom. The molecule has 1 saturated carbocycles. The molecule has 0 aromatic heterocycles.